The van der Waals surface area contributed by atoms with Crippen LogP contribution in [0.15, 0.2) is 38.4 Å². The highest BCUT2D eigenvalue weighted by Crippen LogP contribution is 2.27. The summed E-state index contributed by atoms with van der Waals surface area (Å²) in [5.41, 5.74) is 1.14. The highest BCUT2D eigenvalue weighted by Gasteiger charge is 2.22. The van der Waals surface area contributed by atoms with Crippen LogP contribution in [0.2, 0.25) is 0 Å². The Morgan fingerprint density at radius 1 is 1.47 bits per heavy atom. The molecule has 102 valence electrons. The van der Waals surface area contributed by atoms with E-state index in [1.807, 2.05) is 0 Å². The van der Waals surface area contributed by atoms with Crippen molar-refractivity contribution in [2.75, 3.05) is 4.72 Å². The topological polar surface area (TPSA) is 92.4 Å². The zero-order valence-corrected chi connectivity index (χ0v) is 12.3. The summed E-state index contributed by atoms with van der Waals surface area (Å²) in [5.74, 6) is 0.161. The van der Waals surface area contributed by atoms with Gasteiger partial charge in [0.2, 0.25) is 0 Å². The molecule has 0 aliphatic carbocycles. The Hall–Kier alpha value is -1.38. The molecular weight excluding hydrogens is 336 g/mol. The monoisotopic (exact) mass is 346 g/mol. The summed E-state index contributed by atoms with van der Waals surface area (Å²) in [6.07, 6.45) is 1.42. The average Bonchev–Trinajstić information content (AvgIpc) is 2.74. The molecule has 0 amide bonds. The molecule has 0 aliphatic rings. The third-order valence-corrected chi connectivity index (χ3v) is 4.55. The van der Waals surface area contributed by atoms with Gasteiger partial charge < -0.3 is 9.52 Å². The summed E-state index contributed by atoms with van der Waals surface area (Å²) in [7, 11) is -3.79. The van der Waals surface area contributed by atoms with Gasteiger partial charge in [-0.3, -0.25) is 9.71 Å². The van der Waals surface area contributed by atoms with Crippen LogP contribution in [0.5, 0.6) is 0 Å². The van der Waals surface area contributed by atoms with Gasteiger partial charge in [0.25, 0.3) is 10.0 Å². The fourth-order valence-electron chi connectivity index (χ4n) is 1.40. The van der Waals surface area contributed by atoms with Crippen molar-refractivity contribution in [3.05, 3.63) is 40.5 Å². The Morgan fingerprint density at radius 2 is 2.21 bits per heavy atom. The van der Waals surface area contributed by atoms with Crippen LogP contribution in [-0.2, 0) is 16.6 Å². The molecule has 0 saturated heterocycles. The predicted molar refractivity (Wildman–Crippen MR) is 72.1 cm³/mol. The molecule has 19 heavy (non-hydrogen) atoms. The van der Waals surface area contributed by atoms with Crippen molar-refractivity contribution in [1.29, 1.82) is 0 Å². The molecular formula is C11H11BrN2O4S. The number of hydrogen-bond acceptors (Lipinski definition) is 5. The van der Waals surface area contributed by atoms with Gasteiger partial charge in [0.15, 0.2) is 4.67 Å². The van der Waals surface area contributed by atoms with Crippen LogP contribution in [0.1, 0.15) is 11.5 Å². The summed E-state index contributed by atoms with van der Waals surface area (Å²) in [6.45, 7) is 1.43. The maximum atomic E-state index is 12.1. The number of hydrogen-bond donors (Lipinski definition) is 2. The second-order valence-electron chi connectivity index (χ2n) is 3.80. The van der Waals surface area contributed by atoms with E-state index in [2.05, 4.69) is 25.6 Å². The molecule has 0 aliphatic heterocycles. The molecule has 2 aromatic heterocycles. The van der Waals surface area contributed by atoms with Crippen LogP contribution in [-0.4, -0.2) is 18.5 Å². The summed E-state index contributed by atoms with van der Waals surface area (Å²) in [4.78, 5) is 3.93. The lowest BCUT2D eigenvalue weighted by atomic mass is 10.4. The first kappa shape index (κ1) is 14.0. The minimum Gasteiger partial charge on any atom is -0.450 e. The summed E-state index contributed by atoms with van der Waals surface area (Å²) < 4.78 is 31.7. The van der Waals surface area contributed by atoms with Crippen molar-refractivity contribution in [1.82, 2.24) is 4.98 Å². The zero-order chi connectivity index (χ0) is 14.0. The van der Waals surface area contributed by atoms with Crippen molar-refractivity contribution in [3.63, 3.8) is 0 Å². The molecule has 2 heterocycles. The van der Waals surface area contributed by atoms with E-state index < -0.39 is 10.0 Å². The second-order valence-corrected chi connectivity index (χ2v) is 6.17. The van der Waals surface area contributed by atoms with Crippen LogP contribution in [0.3, 0.4) is 0 Å². The smallest absolute Gasteiger partial charge is 0.266 e. The van der Waals surface area contributed by atoms with E-state index in [0.29, 0.717) is 5.69 Å². The molecule has 0 radical (unpaired) electrons. The van der Waals surface area contributed by atoms with Gasteiger partial charge in [0.05, 0.1) is 11.9 Å². The van der Waals surface area contributed by atoms with Gasteiger partial charge >= 0.3 is 0 Å². The lowest BCUT2D eigenvalue weighted by molar-refractivity contribution is 0.245. The lowest BCUT2D eigenvalue weighted by Gasteiger charge is -2.06. The highest BCUT2D eigenvalue weighted by molar-refractivity contribution is 9.10. The summed E-state index contributed by atoms with van der Waals surface area (Å²) in [6, 6.07) is 4.57. The number of rotatable bonds is 4. The number of furan rings is 1. The fourth-order valence-corrected chi connectivity index (χ4v) is 3.44. The van der Waals surface area contributed by atoms with Crippen LogP contribution in [0.4, 0.5) is 5.69 Å². The van der Waals surface area contributed by atoms with Gasteiger partial charge in [-0.2, -0.15) is 0 Å². The van der Waals surface area contributed by atoms with E-state index in [0.717, 1.165) is 5.69 Å². The van der Waals surface area contributed by atoms with E-state index in [-0.39, 0.29) is 21.9 Å². The van der Waals surface area contributed by atoms with Gasteiger partial charge in [0.1, 0.15) is 17.3 Å². The van der Waals surface area contributed by atoms with Crippen molar-refractivity contribution in [2.45, 2.75) is 18.4 Å². The van der Waals surface area contributed by atoms with Crippen LogP contribution < -0.4 is 4.72 Å². The Kier molecular flexibility index (Phi) is 3.93. The number of anilines is 1. The SMILES string of the molecule is Cc1ccc(NS(=O)(=O)c2cc(CO)oc2Br)cn1. The molecule has 0 atom stereocenters. The van der Waals surface area contributed by atoms with Gasteiger partial charge in [-0.05, 0) is 35.0 Å². The van der Waals surface area contributed by atoms with E-state index in [9.17, 15) is 8.42 Å². The van der Waals surface area contributed by atoms with Crippen molar-refractivity contribution in [3.8, 4) is 0 Å². The number of aromatic nitrogens is 1. The van der Waals surface area contributed by atoms with Crippen LogP contribution in [0, 0.1) is 6.92 Å². The normalized spacial score (nSPS) is 11.5. The molecule has 2 N–H and O–H groups in total. The van der Waals surface area contributed by atoms with E-state index in [1.54, 1.807) is 19.1 Å². The number of nitrogens with one attached hydrogen (secondary N) is 1. The van der Waals surface area contributed by atoms with Gasteiger partial charge in [-0.15, -0.1) is 0 Å². The first-order valence-corrected chi connectivity index (χ1v) is 7.54. The number of aryl methyl sites for hydroxylation is 1. The fraction of sp³-hybridized carbons (Fsp3) is 0.182. The lowest BCUT2D eigenvalue weighted by Crippen LogP contribution is -2.12. The van der Waals surface area contributed by atoms with Crippen LogP contribution in [0.25, 0.3) is 0 Å². The number of nitrogens with zero attached hydrogens (tertiary/aromatic N) is 1. The van der Waals surface area contributed by atoms with E-state index in [4.69, 9.17) is 9.52 Å². The molecule has 2 aromatic rings. The van der Waals surface area contributed by atoms with E-state index >= 15 is 0 Å². The van der Waals surface area contributed by atoms with Crippen molar-refractivity contribution >= 4 is 31.6 Å². The first-order chi connectivity index (χ1) is 8.92. The summed E-state index contributed by atoms with van der Waals surface area (Å²) in [5, 5.41) is 8.92. The number of pyridine rings is 1. The van der Waals surface area contributed by atoms with Gasteiger partial charge in [-0.1, -0.05) is 0 Å². The number of aliphatic hydroxyl groups excluding tert-OH is 1. The predicted octanol–water partition coefficient (Wildman–Crippen LogP) is 2.04. The average molecular weight is 347 g/mol. The summed E-state index contributed by atoms with van der Waals surface area (Å²) >= 11 is 3.01. The maximum Gasteiger partial charge on any atom is 0.266 e. The number of sulfonamides is 1. The van der Waals surface area contributed by atoms with Gasteiger partial charge in [0, 0.05) is 11.8 Å². The minimum absolute atomic E-state index is 0.0455. The minimum atomic E-state index is -3.79. The Bertz CT molecular complexity index is 679. The Labute approximate surface area is 118 Å². The Morgan fingerprint density at radius 3 is 2.74 bits per heavy atom. The van der Waals surface area contributed by atoms with Crippen LogP contribution >= 0.6 is 15.9 Å². The molecule has 0 unspecified atom stereocenters. The first-order valence-electron chi connectivity index (χ1n) is 5.27. The third-order valence-electron chi connectivity index (χ3n) is 2.32. The van der Waals surface area contributed by atoms with E-state index in [1.165, 1.54) is 12.3 Å². The maximum absolute atomic E-state index is 12.1. The zero-order valence-electron chi connectivity index (χ0n) is 9.92. The highest BCUT2D eigenvalue weighted by atomic mass is 79.9. The second kappa shape index (κ2) is 5.32. The molecule has 0 aromatic carbocycles. The molecule has 0 bridgehead atoms. The largest absolute Gasteiger partial charge is 0.450 e. The number of aliphatic hydroxyl groups is 1. The quantitative estimate of drug-likeness (QED) is 0.883. The molecule has 8 heteroatoms. The van der Waals surface area contributed by atoms with Crippen molar-refractivity contribution in [2.24, 2.45) is 0 Å². The molecule has 0 saturated carbocycles. The third kappa shape index (κ3) is 3.14. The Balaban J connectivity index is 2.31. The number of halogens is 1. The van der Waals surface area contributed by atoms with Crippen molar-refractivity contribution < 1.29 is 17.9 Å². The van der Waals surface area contributed by atoms with Gasteiger partial charge in [-0.25, -0.2) is 8.42 Å². The molecule has 6 nitrogen and oxygen atoms in total. The molecule has 2 rings (SSSR count). The standard InChI is InChI=1S/C11H11BrN2O4S/c1-7-2-3-8(5-13-7)14-19(16,17)10-4-9(6-15)18-11(10)12/h2-5,14-15H,6H2,1H3. The molecule has 0 spiro atoms. The molecule has 0 fully saturated rings.